The van der Waals surface area contributed by atoms with Crippen LogP contribution in [-0.2, 0) is 27.2 Å². The van der Waals surface area contributed by atoms with E-state index in [0.29, 0.717) is 53.0 Å². The summed E-state index contributed by atoms with van der Waals surface area (Å²) in [5, 5.41) is 3.27. The Kier molecular flexibility index (Phi) is 9.06. The van der Waals surface area contributed by atoms with E-state index in [0.717, 1.165) is 24.3 Å². The summed E-state index contributed by atoms with van der Waals surface area (Å²) in [6.45, 7) is 6.25. The van der Waals surface area contributed by atoms with Gasteiger partial charge in [0, 0.05) is 51.8 Å². The number of rotatable bonds is 9. The highest BCUT2D eigenvalue weighted by Gasteiger charge is 2.22. The van der Waals surface area contributed by atoms with Gasteiger partial charge in [0.25, 0.3) is 11.7 Å². The Balaban J connectivity index is 1.60. The minimum Gasteiger partial charge on any atom is -0.378 e. The fraction of sp³-hybridized carbons (Fsp3) is 0.276. The molecule has 4 rings (SSSR count). The molecule has 0 bridgehead atoms. The Morgan fingerprint density at radius 3 is 2.59 bits per heavy atom. The normalized spacial score (nSPS) is 13.1. The zero-order valence-electron chi connectivity index (χ0n) is 21.9. The number of nitrogens with one attached hydrogen (secondary N) is 1. The minimum atomic E-state index is -0.600. The van der Waals surface area contributed by atoms with Crippen molar-refractivity contribution < 1.29 is 19.1 Å². The average Bonchev–Trinajstić information content (AvgIpc) is 2.95. The molecule has 3 aromatic rings. The monoisotopic (exact) mass is 547 g/mol. The Bertz CT molecular complexity index is 1400. The SMILES string of the molecule is C=CC(=O)Nc1cc(Cc2ncc(Cl)c(Cc3ccccc3C(=O)C(=O)N(C)C)n2)ccc1N1CCOCC1. The molecule has 1 aliphatic heterocycles. The number of carbonyl (C=O) groups is 3. The van der Waals surface area contributed by atoms with Gasteiger partial charge in [-0.25, -0.2) is 9.97 Å². The molecular formula is C29H30ClN5O4. The highest BCUT2D eigenvalue weighted by atomic mass is 35.5. The molecule has 0 radical (unpaired) electrons. The third kappa shape index (κ3) is 6.87. The number of aromatic nitrogens is 2. The number of carbonyl (C=O) groups excluding carboxylic acids is 3. The van der Waals surface area contributed by atoms with E-state index < -0.39 is 11.7 Å². The van der Waals surface area contributed by atoms with Crippen LogP contribution in [0.25, 0.3) is 0 Å². The summed E-state index contributed by atoms with van der Waals surface area (Å²) in [6, 6.07) is 12.8. The molecule has 9 nitrogen and oxygen atoms in total. The van der Waals surface area contributed by atoms with Crippen molar-refractivity contribution in [1.29, 1.82) is 0 Å². The van der Waals surface area contributed by atoms with Crippen LogP contribution in [0.4, 0.5) is 11.4 Å². The van der Waals surface area contributed by atoms with Crippen LogP contribution < -0.4 is 10.2 Å². The number of nitrogens with zero attached hydrogens (tertiary/aromatic N) is 4. The van der Waals surface area contributed by atoms with Crippen LogP contribution in [0.2, 0.25) is 5.02 Å². The standard InChI is InChI=1S/C29H30ClN5O4/c1-4-27(36)33-24-15-19(9-10-25(24)35-11-13-39-14-12-35)16-26-31-18-22(30)23(32-26)17-20-7-5-6-8-21(20)28(37)29(38)34(2)3/h4-10,15,18H,1,11-14,16-17H2,2-3H3,(H,33,36). The average molecular weight is 548 g/mol. The molecule has 202 valence electrons. The van der Waals surface area contributed by atoms with Gasteiger partial charge < -0.3 is 19.9 Å². The van der Waals surface area contributed by atoms with Crippen molar-refractivity contribution in [3.8, 4) is 0 Å². The van der Waals surface area contributed by atoms with Gasteiger partial charge in [-0.2, -0.15) is 0 Å². The van der Waals surface area contributed by atoms with Gasteiger partial charge in [0.2, 0.25) is 5.91 Å². The highest BCUT2D eigenvalue weighted by Crippen LogP contribution is 2.29. The maximum atomic E-state index is 12.8. The van der Waals surface area contributed by atoms with Crippen molar-refractivity contribution in [2.45, 2.75) is 12.8 Å². The molecule has 39 heavy (non-hydrogen) atoms. The number of halogens is 1. The number of amides is 2. The number of morpholine rings is 1. The van der Waals surface area contributed by atoms with Crippen molar-refractivity contribution in [3.63, 3.8) is 0 Å². The van der Waals surface area contributed by atoms with E-state index in [1.807, 2.05) is 18.2 Å². The Morgan fingerprint density at radius 1 is 1.13 bits per heavy atom. The Hall–Kier alpha value is -4.08. The number of Topliss-reactive ketones (excluding diaryl/α,β-unsaturated/α-hetero) is 1. The summed E-state index contributed by atoms with van der Waals surface area (Å²) in [7, 11) is 3.08. The number of benzene rings is 2. The first-order valence-corrected chi connectivity index (χ1v) is 12.9. The fourth-order valence-corrected chi connectivity index (χ4v) is 4.45. The Morgan fingerprint density at radius 2 is 1.87 bits per heavy atom. The van der Waals surface area contributed by atoms with E-state index in [-0.39, 0.29) is 12.3 Å². The van der Waals surface area contributed by atoms with Gasteiger partial charge in [-0.1, -0.05) is 48.5 Å². The molecule has 2 aromatic carbocycles. The van der Waals surface area contributed by atoms with Crippen LogP contribution in [0.15, 0.2) is 61.3 Å². The molecule has 0 unspecified atom stereocenters. The summed E-state index contributed by atoms with van der Waals surface area (Å²) >= 11 is 6.44. The van der Waals surface area contributed by atoms with E-state index >= 15 is 0 Å². The molecule has 0 atom stereocenters. The van der Waals surface area contributed by atoms with Gasteiger partial charge in [-0.05, 0) is 29.3 Å². The van der Waals surface area contributed by atoms with Crippen LogP contribution in [0, 0.1) is 0 Å². The molecule has 2 heterocycles. The Labute approximate surface area is 232 Å². The summed E-state index contributed by atoms with van der Waals surface area (Å²) in [5.41, 5.74) is 3.98. The summed E-state index contributed by atoms with van der Waals surface area (Å²) in [6.07, 6.45) is 3.42. The van der Waals surface area contributed by atoms with Crippen LogP contribution >= 0.6 is 11.6 Å². The van der Waals surface area contributed by atoms with E-state index in [4.69, 9.17) is 16.3 Å². The second-order valence-electron chi connectivity index (χ2n) is 9.26. The maximum absolute atomic E-state index is 12.8. The zero-order valence-corrected chi connectivity index (χ0v) is 22.7. The number of ketones is 1. The van der Waals surface area contributed by atoms with E-state index in [1.54, 1.807) is 24.3 Å². The topological polar surface area (TPSA) is 105 Å². The first-order valence-electron chi connectivity index (χ1n) is 12.5. The van der Waals surface area contributed by atoms with Crippen molar-refractivity contribution >= 4 is 40.6 Å². The number of likely N-dealkylation sites (N-methyl/N-ethyl adjacent to an activating group) is 1. The van der Waals surface area contributed by atoms with Crippen molar-refractivity contribution in [3.05, 3.63) is 94.5 Å². The molecule has 2 amide bonds. The van der Waals surface area contributed by atoms with Gasteiger partial charge in [0.15, 0.2) is 0 Å². The number of hydrogen-bond acceptors (Lipinski definition) is 7. The minimum absolute atomic E-state index is 0.258. The smallest absolute Gasteiger partial charge is 0.294 e. The molecule has 0 saturated carbocycles. The summed E-state index contributed by atoms with van der Waals surface area (Å²) in [5.74, 6) is -0.956. The molecule has 1 aromatic heterocycles. The summed E-state index contributed by atoms with van der Waals surface area (Å²) in [4.78, 5) is 49.7. The van der Waals surface area contributed by atoms with E-state index in [1.165, 1.54) is 31.3 Å². The predicted molar refractivity (Wildman–Crippen MR) is 150 cm³/mol. The molecular weight excluding hydrogens is 518 g/mol. The largest absolute Gasteiger partial charge is 0.378 e. The van der Waals surface area contributed by atoms with Crippen molar-refractivity contribution in [1.82, 2.24) is 14.9 Å². The molecule has 1 fully saturated rings. The lowest BCUT2D eigenvalue weighted by Crippen LogP contribution is -2.36. The molecule has 1 aliphatic rings. The first kappa shape index (κ1) is 27.9. The molecule has 1 saturated heterocycles. The van der Waals surface area contributed by atoms with Crippen LogP contribution in [0.5, 0.6) is 0 Å². The third-order valence-corrected chi connectivity index (χ3v) is 6.62. The van der Waals surface area contributed by atoms with E-state index in [2.05, 4.69) is 26.8 Å². The molecule has 0 spiro atoms. The van der Waals surface area contributed by atoms with Gasteiger partial charge >= 0.3 is 0 Å². The highest BCUT2D eigenvalue weighted by molar-refractivity contribution is 6.43. The quantitative estimate of drug-likeness (QED) is 0.248. The number of hydrogen-bond donors (Lipinski definition) is 1. The lowest BCUT2D eigenvalue weighted by molar-refractivity contribution is -0.124. The van der Waals surface area contributed by atoms with E-state index in [9.17, 15) is 14.4 Å². The zero-order chi connectivity index (χ0) is 27.9. The second-order valence-corrected chi connectivity index (χ2v) is 9.67. The van der Waals surface area contributed by atoms with Crippen LogP contribution in [0.3, 0.4) is 0 Å². The lowest BCUT2D eigenvalue weighted by atomic mass is 9.99. The van der Waals surface area contributed by atoms with Crippen molar-refractivity contribution in [2.24, 2.45) is 0 Å². The molecule has 1 N–H and O–H groups in total. The lowest BCUT2D eigenvalue weighted by Gasteiger charge is -2.30. The number of anilines is 2. The van der Waals surface area contributed by atoms with Gasteiger partial charge in [-0.3, -0.25) is 14.4 Å². The molecule has 10 heteroatoms. The van der Waals surface area contributed by atoms with Gasteiger partial charge in [0.1, 0.15) is 5.82 Å². The fourth-order valence-electron chi connectivity index (χ4n) is 4.29. The van der Waals surface area contributed by atoms with Gasteiger partial charge in [-0.15, -0.1) is 0 Å². The van der Waals surface area contributed by atoms with Crippen molar-refractivity contribution in [2.75, 3.05) is 50.6 Å². The van der Waals surface area contributed by atoms with Crippen LogP contribution in [0.1, 0.15) is 33.0 Å². The van der Waals surface area contributed by atoms with Gasteiger partial charge in [0.05, 0.1) is 35.3 Å². The predicted octanol–water partition coefficient (Wildman–Crippen LogP) is 3.54. The maximum Gasteiger partial charge on any atom is 0.294 e. The molecule has 0 aliphatic carbocycles. The summed E-state index contributed by atoms with van der Waals surface area (Å²) < 4.78 is 5.46. The third-order valence-electron chi connectivity index (χ3n) is 6.31. The number of ether oxygens (including phenoxy) is 1. The first-order chi connectivity index (χ1) is 18.8. The van der Waals surface area contributed by atoms with Crippen LogP contribution in [-0.4, -0.2) is 72.9 Å². The second kappa shape index (κ2) is 12.6.